The second-order valence-corrected chi connectivity index (χ2v) is 4.43. The van der Waals surface area contributed by atoms with E-state index in [2.05, 4.69) is 0 Å². The van der Waals surface area contributed by atoms with E-state index in [0.717, 1.165) is 28.3 Å². The molecule has 0 radical (unpaired) electrons. The van der Waals surface area contributed by atoms with Crippen LogP contribution in [0.4, 0.5) is 0 Å². The zero-order valence-corrected chi connectivity index (χ0v) is 10.9. The number of hydrogen-bond acceptors (Lipinski definition) is 2. The monoisotopic (exact) mass is 261 g/mol. The summed E-state index contributed by atoms with van der Waals surface area (Å²) in [6, 6.07) is 15.6. The summed E-state index contributed by atoms with van der Waals surface area (Å²) in [6.07, 6.45) is 0.818. The van der Waals surface area contributed by atoms with E-state index in [9.17, 15) is 0 Å². The lowest BCUT2D eigenvalue weighted by Gasteiger charge is -2.11. The second-order valence-electron chi connectivity index (χ2n) is 4.03. The predicted molar refractivity (Wildman–Crippen MR) is 75.0 cm³/mol. The minimum Gasteiger partial charge on any atom is -0.489 e. The zero-order chi connectivity index (χ0) is 12.8. The van der Waals surface area contributed by atoms with Gasteiger partial charge in [0.1, 0.15) is 12.4 Å². The zero-order valence-electron chi connectivity index (χ0n) is 10.1. The molecule has 0 aliphatic rings. The van der Waals surface area contributed by atoms with Gasteiger partial charge in [-0.25, -0.2) is 0 Å². The topological polar surface area (TPSA) is 35.2 Å². The Morgan fingerprint density at radius 1 is 0.944 bits per heavy atom. The van der Waals surface area contributed by atoms with Crippen molar-refractivity contribution < 1.29 is 4.74 Å². The number of ether oxygens (including phenoxy) is 1. The highest BCUT2D eigenvalue weighted by molar-refractivity contribution is 6.31. The van der Waals surface area contributed by atoms with Crippen molar-refractivity contribution in [1.29, 1.82) is 0 Å². The van der Waals surface area contributed by atoms with E-state index in [1.54, 1.807) is 0 Å². The van der Waals surface area contributed by atoms with Crippen molar-refractivity contribution in [2.24, 2.45) is 5.73 Å². The smallest absolute Gasteiger partial charge is 0.123 e. The Balaban J connectivity index is 2.08. The summed E-state index contributed by atoms with van der Waals surface area (Å²) in [5.74, 6) is 0.878. The van der Waals surface area contributed by atoms with Gasteiger partial charge in [-0.05, 0) is 30.7 Å². The molecular weight excluding hydrogens is 246 g/mol. The molecule has 0 fully saturated rings. The van der Waals surface area contributed by atoms with Gasteiger partial charge in [0.25, 0.3) is 0 Å². The molecule has 0 unspecified atom stereocenters. The van der Waals surface area contributed by atoms with Crippen LogP contribution in [0.25, 0.3) is 0 Å². The molecule has 0 saturated heterocycles. The van der Waals surface area contributed by atoms with Crippen LogP contribution in [0.3, 0.4) is 0 Å². The first-order chi connectivity index (χ1) is 8.81. The number of para-hydroxylation sites is 1. The van der Waals surface area contributed by atoms with Crippen molar-refractivity contribution in [2.45, 2.75) is 13.0 Å². The summed E-state index contributed by atoms with van der Waals surface area (Å²) in [6.45, 7) is 1.09. The van der Waals surface area contributed by atoms with Crippen molar-refractivity contribution in [2.75, 3.05) is 6.54 Å². The molecule has 18 heavy (non-hydrogen) atoms. The van der Waals surface area contributed by atoms with Gasteiger partial charge in [-0.2, -0.15) is 0 Å². The maximum Gasteiger partial charge on any atom is 0.123 e. The van der Waals surface area contributed by atoms with Gasteiger partial charge in [0.05, 0.1) is 0 Å². The molecule has 2 N–H and O–H groups in total. The Morgan fingerprint density at radius 3 is 2.33 bits per heavy atom. The van der Waals surface area contributed by atoms with Gasteiger partial charge in [-0.3, -0.25) is 0 Å². The maximum absolute atomic E-state index is 6.09. The van der Waals surface area contributed by atoms with E-state index in [1.165, 1.54) is 0 Å². The van der Waals surface area contributed by atoms with E-state index >= 15 is 0 Å². The van der Waals surface area contributed by atoms with E-state index in [0.29, 0.717) is 13.2 Å². The van der Waals surface area contributed by atoms with Crippen LogP contribution in [-0.2, 0) is 13.0 Å². The van der Waals surface area contributed by atoms with Crippen LogP contribution in [0.15, 0.2) is 48.5 Å². The quantitative estimate of drug-likeness (QED) is 0.895. The fourth-order valence-electron chi connectivity index (χ4n) is 1.78. The first-order valence-electron chi connectivity index (χ1n) is 5.95. The van der Waals surface area contributed by atoms with Gasteiger partial charge < -0.3 is 10.5 Å². The van der Waals surface area contributed by atoms with Gasteiger partial charge in [0.15, 0.2) is 0 Å². The van der Waals surface area contributed by atoms with Gasteiger partial charge in [0, 0.05) is 10.6 Å². The molecule has 0 bridgehead atoms. The highest BCUT2D eigenvalue weighted by Crippen LogP contribution is 2.22. The molecule has 0 heterocycles. The lowest BCUT2D eigenvalue weighted by atomic mass is 10.1. The summed E-state index contributed by atoms with van der Waals surface area (Å²) in [7, 11) is 0. The molecule has 0 amide bonds. The van der Waals surface area contributed by atoms with Gasteiger partial charge in [-0.15, -0.1) is 0 Å². The van der Waals surface area contributed by atoms with Crippen molar-refractivity contribution >= 4 is 11.6 Å². The number of hydrogen-bond donors (Lipinski definition) is 1. The average Bonchev–Trinajstić information content (AvgIpc) is 2.40. The first-order valence-corrected chi connectivity index (χ1v) is 6.33. The number of rotatable bonds is 5. The van der Waals surface area contributed by atoms with Gasteiger partial charge in [-0.1, -0.05) is 48.0 Å². The lowest BCUT2D eigenvalue weighted by Crippen LogP contribution is -2.05. The second kappa shape index (κ2) is 6.43. The molecule has 0 aromatic heterocycles. The Hall–Kier alpha value is -1.51. The van der Waals surface area contributed by atoms with E-state index in [1.807, 2.05) is 48.5 Å². The fraction of sp³-hybridized carbons (Fsp3) is 0.200. The maximum atomic E-state index is 6.09. The Morgan fingerprint density at radius 2 is 1.61 bits per heavy atom. The minimum atomic E-state index is 0.473. The van der Waals surface area contributed by atoms with Gasteiger partial charge >= 0.3 is 0 Å². The molecule has 0 spiro atoms. The third-order valence-corrected chi connectivity index (χ3v) is 3.10. The molecule has 2 rings (SSSR count). The molecule has 2 nitrogen and oxygen atoms in total. The third-order valence-electron chi connectivity index (χ3n) is 2.73. The molecule has 3 heteroatoms. The summed E-state index contributed by atoms with van der Waals surface area (Å²) in [5, 5.41) is 0.730. The number of halogens is 1. The van der Waals surface area contributed by atoms with E-state index < -0.39 is 0 Å². The molecule has 0 aliphatic heterocycles. The van der Waals surface area contributed by atoms with Crippen LogP contribution >= 0.6 is 11.6 Å². The van der Waals surface area contributed by atoms with Crippen LogP contribution in [0.5, 0.6) is 5.75 Å². The summed E-state index contributed by atoms with van der Waals surface area (Å²) in [5.41, 5.74) is 7.70. The highest BCUT2D eigenvalue weighted by Gasteiger charge is 2.04. The number of benzene rings is 2. The lowest BCUT2D eigenvalue weighted by molar-refractivity contribution is 0.303. The predicted octanol–water partition coefficient (Wildman–Crippen LogP) is 3.42. The highest BCUT2D eigenvalue weighted by atomic mass is 35.5. The molecular formula is C15H16ClNO. The van der Waals surface area contributed by atoms with E-state index in [-0.39, 0.29) is 0 Å². The summed E-state index contributed by atoms with van der Waals surface area (Å²) < 4.78 is 5.82. The fourth-order valence-corrected chi connectivity index (χ4v) is 1.97. The Kier molecular flexibility index (Phi) is 4.62. The van der Waals surface area contributed by atoms with Crippen LogP contribution in [0.2, 0.25) is 5.02 Å². The van der Waals surface area contributed by atoms with Crippen LogP contribution in [0, 0.1) is 0 Å². The summed E-state index contributed by atoms with van der Waals surface area (Å²) >= 11 is 6.09. The van der Waals surface area contributed by atoms with Crippen molar-refractivity contribution in [3.63, 3.8) is 0 Å². The van der Waals surface area contributed by atoms with Gasteiger partial charge in [0.2, 0.25) is 0 Å². The van der Waals surface area contributed by atoms with Crippen molar-refractivity contribution in [3.05, 3.63) is 64.7 Å². The van der Waals surface area contributed by atoms with E-state index in [4.69, 9.17) is 22.1 Å². The molecule has 0 saturated carbocycles. The number of nitrogens with two attached hydrogens (primary N) is 1. The largest absolute Gasteiger partial charge is 0.489 e. The molecule has 2 aromatic rings. The van der Waals surface area contributed by atoms with Crippen molar-refractivity contribution in [3.8, 4) is 5.75 Å². The van der Waals surface area contributed by atoms with Crippen LogP contribution in [-0.4, -0.2) is 6.54 Å². The minimum absolute atomic E-state index is 0.473. The standard InChI is InChI=1S/C15H16ClNO/c16-14-7-3-1-6-13(14)11-18-15-8-4-2-5-12(15)9-10-17/h1-8H,9-11,17H2. The molecule has 94 valence electrons. The molecule has 0 aliphatic carbocycles. The Labute approximate surface area is 112 Å². The molecule has 0 atom stereocenters. The SMILES string of the molecule is NCCc1ccccc1OCc1ccccc1Cl. The summed E-state index contributed by atoms with van der Waals surface area (Å²) in [4.78, 5) is 0. The first kappa shape index (κ1) is 12.9. The molecule has 2 aromatic carbocycles. The van der Waals surface area contributed by atoms with Crippen LogP contribution < -0.4 is 10.5 Å². The average molecular weight is 262 g/mol. The third kappa shape index (κ3) is 3.25. The Bertz CT molecular complexity index is 513. The normalized spacial score (nSPS) is 10.3. The van der Waals surface area contributed by atoms with Crippen LogP contribution in [0.1, 0.15) is 11.1 Å². The van der Waals surface area contributed by atoms with Crippen molar-refractivity contribution in [1.82, 2.24) is 0 Å².